The van der Waals surface area contributed by atoms with E-state index in [0.717, 1.165) is 4.31 Å². The molecule has 3 rings (SSSR count). The molecule has 0 radical (unpaired) electrons. The predicted molar refractivity (Wildman–Crippen MR) is 74.2 cm³/mol. The van der Waals surface area contributed by atoms with Gasteiger partial charge in [0.2, 0.25) is 10.0 Å². The highest BCUT2D eigenvalue weighted by atomic mass is 32.2. The molecule has 0 unspecified atom stereocenters. The number of nitrogens with zero attached hydrogens (tertiary/aromatic N) is 1. The molecule has 114 valence electrons. The van der Waals surface area contributed by atoms with Gasteiger partial charge in [0.1, 0.15) is 0 Å². The van der Waals surface area contributed by atoms with Crippen LogP contribution in [0.4, 0.5) is 0 Å². The van der Waals surface area contributed by atoms with Gasteiger partial charge in [0.05, 0.1) is 21.9 Å². The molecule has 0 amide bonds. The maximum absolute atomic E-state index is 12.4. The summed E-state index contributed by atoms with van der Waals surface area (Å²) in [6.07, 6.45) is 0. The zero-order chi connectivity index (χ0) is 15.3. The van der Waals surface area contributed by atoms with E-state index in [4.69, 9.17) is 4.42 Å². The fourth-order valence-electron chi connectivity index (χ4n) is 2.17. The van der Waals surface area contributed by atoms with Crippen LogP contribution in [0.5, 0.6) is 0 Å². The summed E-state index contributed by atoms with van der Waals surface area (Å²) < 4.78 is 53.6. The molecule has 8 nitrogen and oxygen atoms in total. The van der Waals surface area contributed by atoms with Crippen LogP contribution in [0.15, 0.2) is 32.3 Å². The fraction of sp³-hybridized carbons (Fsp3) is 0.364. The minimum Gasteiger partial charge on any atom is -0.408 e. The van der Waals surface area contributed by atoms with Crippen molar-refractivity contribution >= 4 is 31.0 Å². The lowest BCUT2D eigenvalue weighted by atomic mass is 10.3. The Morgan fingerprint density at radius 2 is 1.86 bits per heavy atom. The number of benzene rings is 1. The Morgan fingerprint density at radius 3 is 2.52 bits per heavy atom. The van der Waals surface area contributed by atoms with E-state index in [-0.39, 0.29) is 35.1 Å². The third-order valence-electron chi connectivity index (χ3n) is 3.33. The number of oxazole rings is 1. The van der Waals surface area contributed by atoms with Gasteiger partial charge in [-0.2, -0.15) is 4.31 Å². The van der Waals surface area contributed by atoms with Crippen LogP contribution in [0.1, 0.15) is 0 Å². The average molecular weight is 332 g/mol. The Morgan fingerprint density at radius 1 is 1.19 bits per heavy atom. The Labute approximate surface area is 120 Å². The summed E-state index contributed by atoms with van der Waals surface area (Å²) in [4.78, 5) is 13.5. The molecule has 1 saturated heterocycles. The van der Waals surface area contributed by atoms with Gasteiger partial charge in [-0.3, -0.25) is 4.98 Å². The molecule has 0 atom stereocenters. The molecule has 1 aliphatic rings. The topological polar surface area (TPSA) is 118 Å². The van der Waals surface area contributed by atoms with E-state index >= 15 is 0 Å². The Hall–Kier alpha value is -1.65. The zero-order valence-electron chi connectivity index (χ0n) is 10.8. The highest BCUT2D eigenvalue weighted by Crippen LogP contribution is 2.21. The summed E-state index contributed by atoms with van der Waals surface area (Å²) in [6, 6.07) is 4.05. The van der Waals surface area contributed by atoms with Crippen molar-refractivity contribution in [1.29, 1.82) is 0 Å². The molecule has 21 heavy (non-hydrogen) atoms. The van der Waals surface area contributed by atoms with Crippen LogP contribution in [-0.4, -0.2) is 50.7 Å². The molecular formula is C11H12N2O6S2. The van der Waals surface area contributed by atoms with Gasteiger partial charge in [-0.1, -0.05) is 0 Å². The molecule has 1 fully saturated rings. The highest BCUT2D eigenvalue weighted by Gasteiger charge is 2.31. The van der Waals surface area contributed by atoms with Crippen molar-refractivity contribution in [2.75, 3.05) is 24.6 Å². The predicted octanol–water partition coefficient (Wildman–Crippen LogP) is -0.460. The monoisotopic (exact) mass is 332 g/mol. The second-order valence-corrected chi connectivity index (χ2v) is 8.97. The van der Waals surface area contributed by atoms with Gasteiger partial charge in [-0.05, 0) is 12.1 Å². The molecule has 0 saturated carbocycles. The number of fused-ring (bicyclic) bond motifs is 1. The molecule has 1 N–H and O–H groups in total. The second-order valence-electron chi connectivity index (χ2n) is 4.73. The van der Waals surface area contributed by atoms with Crippen LogP contribution in [-0.2, 0) is 19.9 Å². The van der Waals surface area contributed by atoms with Crippen LogP contribution in [0.3, 0.4) is 0 Å². The number of nitrogens with one attached hydrogen (secondary N) is 1. The quantitative estimate of drug-likeness (QED) is 0.795. The van der Waals surface area contributed by atoms with Crippen LogP contribution in [0, 0.1) is 0 Å². The van der Waals surface area contributed by atoms with E-state index in [1.54, 1.807) is 0 Å². The van der Waals surface area contributed by atoms with Crippen LogP contribution in [0.25, 0.3) is 11.1 Å². The van der Waals surface area contributed by atoms with Crippen molar-refractivity contribution in [3.05, 3.63) is 28.7 Å². The number of sulfone groups is 1. The standard InChI is InChI=1S/C11H12N2O6S2/c14-11-12-9-2-1-8(7-10(9)19-11)21(17,18)13-3-5-20(15,16)6-4-13/h1-2,7H,3-6H2,(H,12,14). The van der Waals surface area contributed by atoms with E-state index in [1.807, 2.05) is 0 Å². The summed E-state index contributed by atoms with van der Waals surface area (Å²) in [5, 5.41) is 0. The minimum absolute atomic E-state index is 0.0305. The molecule has 1 aliphatic heterocycles. The van der Waals surface area contributed by atoms with Gasteiger partial charge in [-0.15, -0.1) is 0 Å². The van der Waals surface area contributed by atoms with Crippen molar-refractivity contribution in [2.24, 2.45) is 0 Å². The molecular weight excluding hydrogens is 320 g/mol. The summed E-state index contributed by atoms with van der Waals surface area (Å²) in [5.74, 6) is -1.04. The van der Waals surface area contributed by atoms with Crippen molar-refractivity contribution in [1.82, 2.24) is 9.29 Å². The van der Waals surface area contributed by atoms with E-state index in [0.29, 0.717) is 5.52 Å². The SMILES string of the molecule is O=c1[nH]c2ccc(S(=O)(=O)N3CCS(=O)(=O)CC3)cc2o1. The lowest BCUT2D eigenvalue weighted by Gasteiger charge is -2.25. The van der Waals surface area contributed by atoms with Gasteiger partial charge < -0.3 is 4.42 Å². The van der Waals surface area contributed by atoms with Crippen molar-refractivity contribution < 1.29 is 21.3 Å². The maximum atomic E-state index is 12.4. The molecule has 1 aromatic carbocycles. The van der Waals surface area contributed by atoms with E-state index < -0.39 is 25.6 Å². The first-order chi connectivity index (χ1) is 9.78. The van der Waals surface area contributed by atoms with Gasteiger partial charge in [-0.25, -0.2) is 21.6 Å². The Kier molecular flexibility index (Phi) is 3.19. The summed E-state index contributed by atoms with van der Waals surface area (Å²) in [5.41, 5.74) is 0.547. The molecule has 10 heteroatoms. The van der Waals surface area contributed by atoms with Gasteiger partial charge in [0.15, 0.2) is 15.4 Å². The van der Waals surface area contributed by atoms with E-state index in [9.17, 15) is 21.6 Å². The molecule has 0 spiro atoms. The lowest BCUT2D eigenvalue weighted by Crippen LogP contribution is -2.43. The number of sulfonamides is 1. The molecule has 2 aromatic rings. The first kappa shape index (κ1) is 14.3. The molecule has 0 aliphatic carbocycles. The van der Waals surface area contributed by atoms with Gasteiger partial charge in [0, 0.05) is 19.2 Å². The van der Waals surface area contributed by atoms with Crippen molar-refractivity contribution in [3.63, 3.8) is 0 Å². The van der Waals surface area contributed by atoms with Crippen LogP contribution in [0.2, 0.25) is 0 Å². The second kappa shape index (κ2) is 4.68. The van der Waals surface area contributed by atoms with Gasteiger partial charge in [0.25, 0.3) is 0 Å². The Balaban J connectivity index is 1.98. The van der Waals surface area contributed by atoms with E-state index in [2.05, 4.69) is 4.98 Å². The van der Waals surface area contributed by atoms with E-state index in [1.165, 1.54) is 18.2 Å². The van der Waals surface area contributed by atoms with Gasteiger partial charge >= 0.3 is 5.76 Å². The summed E-state index contributed by atoms with van der Waals surface area (Å²) in [7, 11) is -6.96. The summed E-state index contributed by atoms with van der Waals surface area (Å²) >= 11 is 0. The first-order valence-corrected chi connectivity index (χ1v) is 9.38. The summed E-state index contributed by atoms with van der Waals surface area (Å²) in [6.45, 7) is -0.139. The Bertz CT molecular complexity index is 940. The van der Waals surface area contributed by atoms with Crippen LogP contribution >= 0.6 is 0 Å². The van der Waals surface area contributed by atoms with Crippen molar-refractivity contribution in [3.8, 4) is 0 Å². The largest absolute Gasteiger partial charge is 0.417 e. The first-order valence-electron chi connectivity index (χ1n) is 6.11. The number of rotatable bonds is 2. The molecule has 2 heterocycles. The van der Waals surface area contributed by atoms with Crippen molar-refractivity contribution in [2.45, 2.75) is 4.90 Å². The van der Waals surface area contributed by atoms with Crippen LogP contribution < -0.4 is 5.76 Å². The lowest BCUT2D eigenvalue weighted by molar-refractivity contribution is 0.430. The molecule has 0 bridgehead atoms. The maximum Gasteiger partial charge on any atom is 0.417 e. The third-order valence-corrected chi connectivity index (χ3v) is 6.84. The normalized spacial score (nSPS) is 19.8. The molecule has 1 aromatic heterocycles. The third kappa shape index (κ3) is 2.61. The number of hydrogen-bond acceptors (Lipinski definition) is 6. The fourth-order valence-corrected chi connectivity index (χ4v) is 5.06. The number of aromatic amines is 1. The number of H-pyrrole nitrogens is 1. The highest BCUT2D eigenvalue weighted by molar-refractivity contribution is 7.92. The average Bonchev–Trinajstić information content (AvgIpc) is 2.77. The number of hydrogen-bond donors (Lipinski definition) is 1. The smallest absolute Gasteiger partial charge is 0.408 e. The zero-order valence-corrected chi connectivity index (χ0v) is 12.4. The minimum atomic E-state index is -3.80. The number of aromatic nitrogens is 1.